The van der Waals surface area contributed by atoms with Crippen LogP contribution < -0.4 is 10.1 Å². The number of rotatable bonds is 3. The first-order valence-electron chi connectivity index (χ1n) is 5.64. The van der Waals surface area contributed by atoms with Crippen LogP contribution in [0.3, 0.4) is 0 Å². The summed E-state index contributed by atoms with van der Waals surface area (Å²) < 4.78 is 6.71. The molecule has 1 amide bonds. The molecule has 0 fully saturated rings. The second-order valence-electron chi connectivity index (χ2n) is 4.00. The van der Waals surface area contributed by atoms with E-state index in [2.05, 4.69) is 49.8 Å². The zero-order valence-corrected chi connectivity index (χ0v) is 14.6. The molecule has 0 radical (unpaired) electrons. The van der Waals surface area contributed by atoms with E-state index in [0.29, 0.717) is 17.0 Å². The third-order valence-electron chi connectivity index (χ3n) is 2.56. The molecule has 2 aromatic carbocycles. The van der Waals surface area contributed by atoms with E-state index in [-0.39, 0.29) is 5.91 Å². The van der Waals surface area contributed by atoms with Crippen molar-refractivity contribution in [3.05, 3.63) is 50.9 Å². The van der Waals surface area contributed by atoms with Crippen LogP contribution in [0.2, 0.25) is 0 Å². The Bertz CT molecular complexity index is 662. The number of carbonyl (C=O) groups excluding carboxylic acids is 1. The molecule has 2 rings (SSSR count). The lowest BCUT2D eigenvalue weighted by molar-refractivity contribution is 0.102. The van der Waals surface area contributed by atoms with Gasteiger partial charge in [0.15, 0.2) is 0 Å². The number of halogens is 2. The summed E-state index contributed by atoms with van der Waals surface area (Å²) in [6.07, 6.45) is 0. The highest BCUT2D eigenvalue weighted by molar-refractivity contribution is 9.10. The molecule has 0 heterocycles. The summed E-state index contributed by atoms with van der Waals surface area (Å²) in [5, 5.41) is 2.83. The highest BCUT2D eigenvalue weighted by atomic mass is 79.9. The number of anilines is 1. The van der Waals surface area contributed by atoms with Crippen molar-refractivity contribution in [3.63, 3.8) is 0 Å². The number of nitrogens with one attached hydrogen (secondary N) is 1. The van der Waals surface area contributed by atoms with Gasteiger partial charge in [0, 0.05) is 25.6 Å². The fourth-order valence-electron chi connectivity index (χ4n) is 1.64. The number of amides is 1. The largest absolute Gasteiger partial charge is 0.497 e. The summed E-state index contributed by atoms with van der Waals surface area (Å²) in [6, 6.07) is 10.7. The number of thiol groups is 1. The minimum atomic E-state index is -0.215. The predicted molar refractivity (Wildman–Crippen MR) is 90.0 cm³/mol. The Kier molecular flexibility index (Phi) is 5.12. The van der Waals surface area contributed by atoms with Gasteiger partial charge in [-0.05, 0) is 46.3 Å². The monoisotopic (exact) mass is 415 g/mol. The van der Waals surface area contributed by atoms with Crippen LogP contribution in [-0.4, -0.2) is 13.0 Å². The number of hydrogen-bond acceptors (Lipinski definition) is 3. The molecule has 104 valence electrons. The molecular formula is C14H11Br2NO2S. The van der Waals surface area contributed by atoms with E-state index in [1.165, 1.54) is 0 Å². The van der Waals surface area contributed by atoms with E-state index in [0.717, 1.165) is 13.8 Å². The van der Waals surface area contributed by atoms with Gasteiger partial charge < -0.3 is 10.1 Å². The Balaban J connectivity index is 2.27. The molecule has 20 heavy (non-hydrogen) atoms. The SMILES string of the molecule is COc1cc(Br)cc(NC(=O)c2cc(S)ccc2Br)c1. The number of benzene rings is 2. The molecule has 0 spiro atoms. The average Bonchev–Trinajstić information content (AvgIpc) is 2.40. The van der Waals surface area contributed by atoms with E-state index in [9.17, 15) is 4.79 Å². The van der Waals surface area contributed by atoms with Crippen molar-refractivity contribution in [1.29, 1.82) is 0 Å². The minimum absolute atomic E-state index is 0.215. The number of ether oxygens (including phenoxy) is 1. The topological polar surface area (TPSA) is 38.3 Å². The van der Waals surface area contributed by atoms with Crippen LogP contribution in [0.15, 0.2) is 50.2 Å². The fourth-order valence-corrected chi connectivity index (χ4v) is 2.74. The van der Waals surface area contributed by atoms with Gasteiger partial charge in [0.1, 0.15) is 5.75 Å². The van der Waals surface area contributed by atoms with Crippen molar-refractivity contribution >= 4 is 56.1 Å². The highest BCUT2D eigenvalue weighted by Gasteiger charge is 2.11. The van der Waals surface area contributed by atoms with Crippen LogP contribution in [0.4, 0.5) is 5.69 Å². The lowest BCUT2D eigenvalue weighted by atomic mass is 10.2. The van der Waals surface area contributed by atoms with Gasteiger partial charge in [0.25, 0.3) is 5.91 Å². The number of methoxy groups -OCH3 is 1. The van der Waals surface area contributed by atoms with Crippen molar-refractivity contribution < 1.29 is 9.53 Å². The normalized spacial score (nSPS) is 10.2. The van der Waals surface area contributed by atoms with Crippen LogP contribution in [0, 0.1) is 0 Å². The molecule has 1 N–H and O–H groups in total. The van der Waals surface area contributed by atoms with Crippen LogP contribution in [-0.2, 0) is 0 Å². The van der Waals surface area contributed by atoms with Gasteiger partial charge in [-0.2, -0.15) is 0 Å². The highest BCUT2D eigenvalue weighted by Crippen LogP contribution is 2.26. The molecule has 6 heteroatoms. The van der Waals surface area contributed by atoms with Crippen LogP contribution in [0.5, 0.6) is 5.75 Å². The lowest BCUT2D eigenvalue weighted by Crippen LogP contribution is -2.12. The summed E-state index contributed by atoms with van der Waals surface area (Å²) >= 11 is 11.0. The molecule has 0 aromatic heterocycles. The maximum atomic E-state index is 12.3. The zero-order valence-electron chi connectivity index (χ0n) is 10.5. The van der Waals surface area contributed by atoms with Gasteiger partial charge in [-0.3, -0.25) is 4.79 Å². The average molecular weight is 417 g/mol. The Hall–Kier alpha value is -0.980. The van der Waals surface area contributed by atoms with Gasteiger partial charge >= 0.3 is 0 Å². The maximum absolute atomic E-state index is 12.3. The quantitative estimate of drug-likeness (QED) is 0.707. The van der Waals surface area contributed by atoms with Crippen molar-refractivity contribution in [1.82, 2.24) is 0 Å². The standard InChI is InChI=1S/C14H11Br2NO2S/c1-19-10-5-8(15)4-9(6-10)17-14(18)12-7-11(20)2-3-13(12)16/h2-7,20H,1H3,(H,17,18). The van der Waals surface area contributed by atoms with Crippen LogP contribution in [0.1, 0.15) is 10.4 Å². The van der Waals surface area contributed by atoms with E-state index >= 15 is 0 Å². The van der Waals surface area contributed by atoms with E-state index < -0.39 is 0 Å². The molecule has 3 nitrogen and oxygen atoms in total. The van der Waals surface area contributed by atoms with Crippen molar-refractivity contribution in [2.45, 2.75) is 4.90 Å². The Labute approximate surface area is 139 Å². The first kappa shape index (κ1) is 15.4. The predicted octanol–water partition coefficient (Wildman–Crippen LogP) is 4.76. The number of hydrogen-bond donors (Lipinski definition) is 2. The molecule has 0 aliphatic heterocycles. The second-order valence-corrected chi connectivity index (χ2v) is 6.28. The third kappa shape index (κ3) is 3.77. The van der Waals surface area contributed by atoms with Crippen molar-refractivity contribution in [2.75, 3.05) is 12.4 Å². The van der Waals surface area contributed by atoms with Crippen LogP contribution >= 0.6 is 44.5 Å². The van der Waals surface area contributed by atoms with E-state index in [1.54, 1.807) is 31.4 Å². The first-order chi connectivity index (χ1) is 9.49. The first-order valence-corrected chi connectivity index (χ1v) is 7.67. The van der Waals surface area contributed by atoms with Crippen LogP contribution in [0.25, 0.3) is 0 Å². The molecule has 0 atom stereocenters. The van der Waals surface area contributed by atoms with Gasteiger partial charge in [0.2, 0.25) is 0 Å². The number of carbonyl (C=O) groups is 1. The van der Waals surface area contributed by atoms with Crippen molar-refractivity contribution in [3.8, 4) is 5.75 Å². The van der Waals surface area contributed by atoms with Gasteiger partial charge in [-0.15, -0.1) is 12.6 Å². The van der Waals surface area contributed by atoms with Gasteiger partial charge in [-0.1, -0.05) is 15.9 Å². The van der Waals surface area contributed by atoms with E-state index in [1.807, 2.05) is 12.1 Å². The molecular weight excluding hydrogens is 406 g/mol. The molecule has 0 unspecified atom stereocenters. The summed E-state index contributed by atoms with van der Waals surface area (Å²) in [7, 11) is 1.58. The lowest BCUT2D eigenvalue weighted by Gasteiger charge is -2.09. The van der Waals surface area contributed by atoms with Crippen molar-refractivity contribution in [2.24, 2.45) is 0 Å². The Morgan fingerprint density at radius 1 is 1.20 bits per heavy atom. The summed E-state index contributed by atoms with van der Waals surface area (Å²) in [5.74, 6) is 0.449. The van der Waals surface area contributed by atoms with Gasteiger partial charge in [-0.25, -0.2) is 0 Å². The minimum Gasteiger partial charge on any atom is -0.497 e. The van der Waals surface area contributed by atoms with Gasteiger partial charge in [0.05, 0.1) is 12.7 Å². The fraction of sp³-hybridized carbons (Fsp3) is 0.0714. The van der Waals surface area contributed by atoms with E-state index in [4.69, 9.17) is 4.74 Å². The zero-order chi connectivity index (χ0) is 14.7. The Morgan fingerprint density at radius 2 is 1.95 bits per heavy atom. The third-order valence-corrected chi connectivity index (χ3v) is 3.99. The summed E-state index contributed by atoms with van der Waals surface area (Å²) in [4.78, 5) is 13.0. The molecule has 0 aliphatic rings. The molecule has 2 aromatic rings. The summed E-state index contributed by atoms with van der Waals surface area (Å²) in [5.41, 5.74) is 1.18. The second kappa shape index (κ2) is 6.65. The smallest absolute Gasteiger partial charge is 0.256 e. The molecule has 0 saturated heterocycles. The molecule has 0 saturated carbocycles. The Morgan fingerprint density at radius 3 is 2.65 bits per heavy atom. The molecule has 0 aliphatic carbocycles. The maximum Gasteiger partial charge on any atom is 0.256 e. The summed E-state index contributed by atoms with van der Waals surface area (Å²) in [6.45, 7) is 0. The molecule has 0 bridgehead atoms.